The number of likely N-dealkylation sites (tertiary alicyclic amines) is 1. The molecule has 1 N–H and O–H groups in total. The molecule has 2 unspecified atom stereocenters. The van der Waals surface area contributed by atoms with Gasteiger partial charge in [0.15, 0.2) is 12.5 Å². The fourth-order valence-electron chi connectivity index (χ4n) is 1.69. The zero-order chi connectivity index (χ0) is 10.8. The standard InChI is InChI=1S/C10H14NO3/c1-3-9(13)8-5-6-11(4-2,7-12)10(8)14/h3-4,8,12H,1-2,5-7H2/q+1. The lowest BCUT2D eigenvalue weighted by atomic mass is 10.0. The Bertz CT molecular complexity index is 298. The molecular formula is C10H14NO3+. The molecule has 1 aliphatic heterocycles. The highest BCUT2D eigenvalue weighted by Gasteiger charge is 2.48. The number of aliphatic hydroxyl groups excluding tert-OH is 1. The van der Waals surface area contributed by atoms with E-state index in [9.17, 15) is 9.59 Å². The molecule has 1 fully saturated rings. The van der Waals surface area contributed by atoms with Crippen LogP contribution in [0.4, 0.5) is 0 Å². The SMILES string of the molecule is C=CC(=O)C1CC[N+](C=C)(CO)C1=O. The Labute approximate surface area is 82.7 Å². The maximum absolute atomic E-state index is 11.8. The highest BCUT2D eigenvalue weighted by Crippen LogP contribution is 2.27. The number of amides is 1. The predicted octanol–water partition coefficient (Wildman–Crippen LogP) is 0.198. The van der Waals surface area contributed by atoms with Crippen molar-refractivity contribution >= 4 is 11.7 Å². The van der Waals surface area contributed by atoms with Gasteiger partial charge in [-0.05, 0) is 12.7 Å². The second-order valence-electron chi connectivity index (χ2n) is 3.37. The lowest BCUT2D eigenvalue weighted by molar-refractivity contribution is -0.816. The van der Waals surface area contributed by atoms with Crippen molar-refractivity contribution < 1.29 is 19.2 Å². The van der Waals surface area contributed by atoms with Gasteiger partial charge in [-0.1, -0.05) is 6.58 Å². The van der Waals surface area contributed by atoms with Crippen molar-refractivity contribution in [1.82, 2.24) is 0 Å². The molecule has 0 spiro atoms. The minimum absolute atomic E-state index is 0.218. The van der Waals surface area contributed by atoms with Crippen LogP contribution >= 0.6 is 0 Å². The van der Waals surface area contributed by atoms with E-state index in [0.717, 1.165) is 6.08 Å². The molecule has 1 rings (SSSR count). The van der Waals surface area contributed by atoms with Gasteiger partial charge in [0.05, 0.1) is 12.7 Å². The van der Waals surface area contributed by atoms with E-state index in [1.54, 1.807) is 0 Å². The number of carbonyl (C=O) groups excluding carboxylic acids is 2. The van der Waals surface area contributed by atoms with E-state index >= 15 is 0 Å². The fourth-order valence-corrected chi connectivity index (χ4v) is 1.69. The van der Waals surface area contributed by atoms with Crippen molar-refractivity contribution in [1.29, 1.82) is 0 Å². The van der Waals surface area contributed by atoms with Gasteiger partial charge >= 0.3 is 5.91 Å². The fraction of sp³-hybridized carbons (Fsp3) is 0.400. The molecule has 1 saturated heterocycles. The van der Waals surface area contributed by atoms with Gasteiger partial charge in [-0.2, -0.15) is 0 Å². The lowest BCUT2D eigenvalue weighted by Crippen LogP contribution is -2.46. The summed E-state index contributed by atoms with van der Waals surface area (Å²) in [6.07, 6.45) is 3.00. The normalized spacial score (nSPS) is 31.5. The van der Waals surface area contributed by atoms with E-state index in [-0.39, 0.29) is 22.9 Å². The van der Waals surface area contributed by atoms with E-state index in [0.29, 0.717) is 13.0 Å². The Morgan fingerprint density at radius 1 is 1.64 bits per heavy atom. The first kappa shape index (κ1) is 10.8. The number of carbonyl (C=O) groups is 2. The molecule has 0 aromatic rings. The van der Waals surface area contributed by atoms with Gasteiger partial charge in [0.2, 0.25) is 0 Å². The molecule has 1 amide bonds. The summed E-state index contributed by atoms with van der Waals surface area (Å²) in [6, 6.07) is 0. The number of rotatable bonds is 4. The summed E-state index contributed by atoms with van der Waals surface area (Å²) in [7, 11) is 0. The minimum atomic E-state index is -0.655. The van der Waals surface area contributed by atoms with Gasteiger partial charge in [0.1, 0.15) is 5.92 Å². The van der Waals surface area contributed by atoms with Crippen LogP contribution in [-0.2, 0) is 9.59 Å². The number of quaternary nitrogens is 1. The molecule has 4 nitrogen and oxygen atoms in total. The first-order valence-electron chi connectivity index (χ1n) is 4.43. The number of ketones is 1. The van der Waals surface area contributed by atoms with Crippen LogP contribution in [0.1, 0.15) is 6.42 Å². The Morgan fingerprint density at radius 3 is 2.64 bits per heavy atom. The monoisotopic (exact) mass is 196 g/mol. The van der Waals surface area contributed by atoms with Crippen molar-refractivity contribution in [2.24, 2.45) is 5.92 Å². The zero-order valence-corrected chi connectivity index (χ0v) is 7.98. The maximum atomic E-state index is 11.8. The van der Waals surface area contributed by atoms with Crippen molar-refractivity contribution in [2.45, 2.75) is 6.42 Å². The number of hydrogen-bond donors (Lipinski definition) is 1. The molecule has 0 radical (unpaired) electrons. The van der Waals surface area contributed by atoms with Crippen LogP contribution in [-0.4, -0.2) is 34.6 Å². The first-order valence-corrected chi connectivity index (χ1v) is 4.43. The third-order valence-electron chi connectivity index (χ3n) is 2.70. The number of nitrogens with zero attached hydrogens (tertiary/aromatic N) is 1. The van der Waals surface area contributed by atoms with Gasteiger partial charge in [-0.15, -0.1) is 0 Å². The third kappa shape index (κ3) is 1.42. The Morgan fingerprint density at radius 2 is 2.29 bits per heavy atom. The van der Waals surface area contributed by atoms with Crippen LogP contribution in [0, 0.1) is 5.92 Å². The van der Waals surface area contributed by atoms with Gasteiger partial charge < -0.3 is 5.11 Å². The van der Waals surface area contributed by atoms with Gasteiger partial charge in [-0.25, -0.2) is 9.28 Å². The smallest absolute Gasteiger partial charge is 0.331 e. The van der Waals surface area contributed by atoms with Crippen LogP contribution in [0.3, 0.4) is 0 Å². The van der Waals surface area contributed by atoms with Gasteiger partial charge in [0.25, 0.3) is 0 Å². The van der Waals surface area contributed by atoms with E-state index in [2.05, 4.69) is 13.2 Å². The van der Waals surface area contributed by atoms with E-state index in [4.69, 9.17) is 5.11 Å². The van der Waals surface area contributed by atoms with Crippen molar-refractivity contribution in [3.63, 3.8) is 0 Å². The second kappa shape index (κ2) is 3.86. The summed E-state index contributed by atoms with van der Waals surface area (Å²) in [5.74, 6) is -1.21. The summed E-state index contributed by atoms with van der Waals surface area (Å²) in [6.45, 7) is 6.96. The largest absolute Gasteiger partial charge is 0.346 e. The molecular weight excluding hydrogens is 182 g/mol. The second-order valence-corrected chi connectivity index (χ2v) is 3.37. The number of allylic oxidation sites excluding steroid dienone is 1. The molecule has 0 bridgehead atoms. The number of aliphatic hydroxyl groups is 1. The zero-order valence-electron chi connectivity index (χ0n) is 7.98. The van der Waals surface area contributed by atoms with Crippen LogP contribution in [0.5, 0.6) is 0 Å². The predicted molar refractivity (Wildman–Crippen MR) is 50.7 cm³/mol. The summed E-state index contributed by atoms with van der Waals surface area (Å²) in [4.78, 5) is 23.0. The molecule has 14 heavy (non-hydrogen) atoms. The molecule has 0 aliphatic carbocycles. The van der Waals surface area contributed by atoms with Crippen molar-refractivity contribution in [3.05, 3.63) is 25.4 Å². The quantitative estimate of drug-likeness (QED) is 0.397. The molecule has 0 saturated carbocycles. The van der Waals surface area contributed by atoms with Crippen molar-refractivity contribution in [3.8, 4) is 0 Å². The van der Waals surface area contributed by atoms with E-state index < -0.39 is 5.92 Å². The minimum Gasteiger partial charge on any atom is -0.346 e. The molecule has 4 heteroatoms. The summed E-state index contributed by atoms with van der Waals surface area (Å²) < 4.78 is -0.218. The highest BCUT2D eigenvalue weighted by atomic mass is 16.3. The van der Waals surface area contributed by atoms with Crippen LogP contribution in [0.25, 0.3) is 0 Å². The average molecular weight is 196 g/mol. The van der Waals surface area contributed by atoms with Gasteiger partial charge in [-0.3, -0.25) is 4.79 Å². The molecule has 2 atom stereocenters. The number of hydrogen-bond acceptors (Lipinski definition) is 3. The molecule has 0 aromatic carbocycles. The maximum Gasteiger partial charge on any atom is 0.331 e. The van der Waals surface area contributed by atoms with Crippen LogP contribution < -0.4 is 0 Å². The van der Waals surface area contributed by atoms with Crippen molar-refractivity contribution in [2.75, 3.05) is 13.3 Å². The van der Waals surface area contributed by atoms with Crippen LogP contribution in [0.2, 0.25) is 0 Å². The van der Waals surface area contributed by atoms with Crippen LogP contribution in [0.15, 0.2) is 25.4 Å². The summed E-state index contributed by atoms with van der Waals surface area (Å²) >= 11 is 0. The lowest BCUT2D eigenvalue weighted by Gasteiger charge is -2.23. The summed E-state index contributed by atoms with van der Waals surface area (Å²) in [5, 5.41) is 9.10. The average Bonchev–Trinajstić information content (AvgIpc) is 2.55. The first-order chi connectivity index (χ1) is 6.61. The molecule has 1 heterocycles. The Hall–Kier alpha value is -1.26. The third-order valence-corrected chi connectivity index (χ3v) is 2.70. The summed E-state index contributed by atoms with van der Waals surface area (Å²) in [5.41, 5.74) is 0. The van der Waals surface area contributed by atoms with E-state index in [1.165, 1.54) is 6.20 Å². The molecule has 76 valence electrons. The Balaban J connectivity index is 2.92. The molecule has 0 aromatic heterocycles. The Kier molecular flexibility index (Phi) is 2.98. The van der Waals surface area contributed by atoms with E-state index in [1.807, 2.05) is 0 Å². The van der Waals surface area contributed by atoms with Gasteiger partial charge in [0, 0.05) is 6.42 Å². The topological polar surface area (TPSA) is 54.4 Å². The molecule has 1 aliphatic rings. The highest BCUT2D eigenvalue weighted by molar-refractivity contribution is 6.05.